The van der Waals surface area contributed by atoms with Gasteiger partial charge in [-0.15, -0.1) is 0 Å². The monoisotopic (exact) mass is 340 g/mol. The Kier molecular flexibility index (Phi) is 4.75. The van der Waals surface area contributed by atoms with E-state index in [1.165, 1.54) is 6.07 Å². The third kappa shape index (κ3) is 2.85. The van der Waals surface area contributed by atoms with Gasteiger partial charge in [0.25, 0.3) is 11.6 Å². The maximum Gasteiger partial charge on any atom is 0.284 e. The van der Waals surface area contributed by atoms with Crippen molar-refractivity contribution in [3.8, 4) is 0 Å². The first-order chi connectivity index (χ1) is 9.56. The van der Waals surface area contributed by atoms with E-state index in [1.807, 2.05) is 4.90 Å². The van der Waals surface area contributed by atoms with Crippen LogP contribution in [0.2, 0.25) is 0 Å². The molecule has 1 aromatic rings. The lowest BCUT2D eigenvalue weighted by molar-refractivity contribution is -0.385. The van der Waals surface area contributed by atoms with Crippen molar-refractivity contribution < 1.29 is 9.72 Å². The molecule has 1 aliphatic heterocycles. The number of nitro benzene ring substituents is 1. The summed E-state index contributed by atoms with van der Waals surface area (Å²) in [6.45, 7) is 2.80. The van der Waals surface area contributed by atoms with Crippen LogP contribution in [0.5, 0.6) is 0 Å². The number of nitrogens with zero attached hydrogens (tertiary/aromatic N) is 2. The van der Waals surface area contributed by atoms with E-state index in [1.54, 1.807) is 12.1 Å². The number of piperidine rings is 1. The summed E-state index contributed by atoms with van der Waals surface area (Å²) in [5.74, 6) is -0.118. The summed E-state index contributed by atoms with van der Waals surface area (Å²) < 4.78 is 0.274. The molecule has 0 radical (unpaired) electrons. The van der Waals surface area contributed by atoms with Crippen molar-refractivity contribution in [2.45, 2.75) is 38.6 Å². The minimum absolute atomic E-state index is 0.0686. The second kappa shape index (κ2) is 6.35. The number of hydrogen-bond acceptors (Lipinski definition) is 3. The van der Waals surface area contributed by atoms with Crippen LogP contribution < -0.4 is 0 Å². The van der Waals surface area contributed by atoms with Gasteiger partial charge in [0.15, 0.2) is 0 Å². The molecule has 0 N–H and O–H groups in total. The lowest BCUT2D eigenvalue weighted by Gasteiger charge is -2.35. The van der Waals surface area contributed by atoms with Crippen LogP contribution in [0.25, 0.3) is 0 Å². The van der Waals surface area contributed by atoms with Gasteiger partial charge >= 0.3 is 0 Å². The number of benzene rings is 1. The minimum atomic E-state index is -0.478. The fourth-order valence-electron chi connectivity index (χ4n) is 2.67. The summed E-state index contributed by atoms with van der Waals surface area (Å²) in [7, 11) is 0. The maximum atomic E-state index is 12.6. The van der Waals surface area contributed by atoms with Crippen molar-refractivity contribution in [2.24, 2.45) is 0 Å². The first-order valence-electron chi connectivity index (χ1n) is 6.80. The van der Waals surface area contributed by atoms with Gasteiger partial charge in [-0.25, -0.2) is 0 Å². The molecule has 1 unspecified atom stereocenters. The largest absolute Gasteiger partial charge is 0.336 e. The van der Waals surface area contributed by atoms with Crippen LogP contribution in [-0.4, -0.2) is 28.3 Å². The SMILES string of the molecule is CCC1CCCCN1C(=O)c1cccc([N+](=O)[O-])c1Br. The van der Waals surface area contributed by atoms with Crippen LogP contribution >= 0.6 is 15.9 Å². The summed E-state index contributed by atoms with van der Waals surface area (Å²) in [6.07, 6.45) is 4.06. The fourth-order valence-corrected chi connectivity index (χ4v) is 3.25. The van der Waals surface area contributed by atoms with E-state index < -0.39 is 4.92 Å². The van der Waals surface area contributed by atoms with Crippen molar-refractivity contribution in [3.63, 3.8) is 0 Å². The molecule has 20 heavy (non-hydrogen) atoms. The third-order valence-corrected chi connectivity index (χ3v) is 4.60. The van der Waals surface area contributed by atoms with Crippen molar-refractivity contribution >= 4 is 27.5 Å². The molecule has 1 fully saturated rings. The number of likely N-dealkylation sites (tertiary alicyclic amines) is 1. The number of halogens is 1. The summed E-state index contributed by atoms with van der Waals surface area (Å²) >= 11 is 3.20. The Morgan fingerprint density at radius 3 is 2.90 bits per heavy atom. The zero-order chi connectivity index (χ0) is 14.7. The molecule has 1 aliphatic rings. The van der Waals surface area contributed by atoms with Crippen LogP contribution in [0.1, 0.15) is 43.0 Å². The smallest absolute Gasteiger partial charge is 0.284 e. The lowest BCUT2D eigenvalue weighted by Crippen LogP contribution is -2.43. The lowest BCUT2D eigenvalue weighted by atomic mass is 9.99. The Labute approximate surface area is 126 Å². The molecule has 1 heterocycles. The molecule has 6 heteroatoms. The van der Waals surface area contributed by atoms with Crippen LogP contribution in [0.15, 0.2) is 22.7 Å². The Morgan fingerprint density at radius 2 is 2.25 bits per heavy atom. The number of amides is 1. The highest BCUT2D eigenvalue weighted by atomic mass is 79.9. The second-order valence-corrected chi connectivity index (χ2v) is 5.75. The van der Waals surface area contributed by atoms with Gasteiger partial charge in [0, 0.05) is 18.7 Å². The van der Waals surface area contributed by atoms with Gasteiger partial charge < -0.3 is 4.90 Å². The summed E-state index contributed by atoms with van der Waals surface area (Å²) in [4.78, 5) is 25.0. The number of carbonyl (C=O) groups is 1. The van der Waals surface area contributed by atoms with E-state index in [2.05, 4.69) is 22.9 Å². The van der Waals surface area contributed by atoms with E-state index in [4.69, 9.17) is 0 Å². The molecule has 0 saturated carbocycles. The molecule has 1 amide bonds. The fraction of sp³-hybridized carbons (Fsp3) is 0.500. The molecule has 0 spiro atoms. The Balaban J connectivity index is 2.33. The van der Waals surface area contributed by atoms with Gasteiger partial charge in [-0.1, -0.05) is 13.0 Å². The highest BCUT2D eigenvalue weighted by Gasteiger charge is 2.29. The molecule has 0 bridgehead atoms. The molecule has 0 aromatic heterocycles. The highest BCUT2D eigenvalue weighted by Crippen LogP contribution is 2.31. The van der Waals surface area contributed by atoms with Crippen molar-refractivity contribution in [2.75, 3.05) is 6.54 Å². The Bertz CT molecular complexity index is 533. The quantitative estimate of drug-likeness (QED) is 0.621. The molecule has 108 valence electrons. The average Bonchev–Trinajstić information content (AvgIpc) is 2.46. The van der Waals surface area contributed by atoms with Crippen molar-refractivity contribution in [3.05, 3.63) is 38.3 Å². The van der Waals surface area contributed by atoms with Crippen LogP contribution in [0.4, 0.5) is 5.69 Å². The first kappa shape index (κ1) is 15.0. The molecule has 0 aliphatic carbocycles. The van der Waals surface area contributed by atoms with Crippen molar-refractivity contribution in [1.82, 2.24) is 4.90 Å². The number of carbonyl (C=O) groups excluding carboxylic acids is 1. The summed E-state index contributed by atoms with van der Waals surface area (Å²) in [5, 5.41) is 10.9. The predicted octanol–water partition coefficient (Wildman–Crippen LogP) is 3.76. The molecular formula is C14H17BrN2O3. The van der Waals surface area contributed by atoms with Gasteiger partial charge in [-0.3, -0.25) is 14.9 Å². The highest BCUT2D eigenvalue weighted by molar-refractivity contribution is 9.10. The van der Waals surface area contributed by atoms with Gasteiger partial charge in [0.05, 0.1) is 10.5 Å². The molecule has 1 saturated heterocycles. The zero-order valence-corrected chi connectivity index (χ0v) is 12.9. The van der Waals surface area contributed by atoms with Gasteiger partial charge in [-0.05, 0) is 47.7 Å². The molecule has 2 rings (SSSR count). The molecule has 1 atom stereocenters. The molecule has 5 nitrogen and oxygen atoms in total. The molecule has 1 aromatic carbocycles. The van der Waals surface area contributed by atoms with Gasteiger partial charge in [0.1, 0.15) is 4.47 Å². The number of nitro groups is 1. The Morgan fingerprint density at radius 1 is 1.50 bits per heavy atom. The van der Waals surface area contributed by atoms with Gasteiger partial charge in [-0.2, -0.15) is 0 Å². The summed E-state index contributed by atoms with van der Waals surface area (Å²) in [6, 6.07) is 4.83. The average molecular weight is 341 g/mol. The predicted molar refractivity (Wildman–Crippen MR) is 79.8 cm³/mol. The summed E-state index contributed by atoms with van der Waals surface area (Å²) in [5.41, 5.74) is 0.306. The minimum Gasteiger partial charge on any atom is -0.336 e. The number of rotatable bonds is 3. The van der Waals surface area contributed by atoms with E-state index in [0.29, 0.717) is 5.56 Å². The zero-order valence-electron chi connectivity index (χ0n) is 11.3. The van der Waals surface area contributed by atoms with Crippen LogP contribution in [0, 0.1) is 10.1 Å². The van der Waals surface area contributed by atoms with E-state index in [9.17, 15) is 14.9 Å². The number of hydrogen-bond donors (Lipinski definition) is 0. The van der Waals surface area contributed by atoms with Gasteiger partial charge in [0.2, 0.25) is 0 Å². The van der Waals surface area contributed by atoms with Crippen LogP contribution in [0.3, 0.4) is 0 Å². The van der Waals surface area contributed by atoms with Crippen LogP contribution in [-0.2, 0) is 0 Å². The second-order valence-electron chi connectivity index (χ2n) is 4.95. The first-order valence-corrected chi connectivity index (χ1v) is 7.59. The third-order valence-electron chi connectivity index (χ3n) is 3.76. The van der Waals surface area contributed by atoms with E-state index in [0.717, 1.165) is 32.2 Å². The topological polar surface area (TPSA) is 63.5 Å². The van der Waals surface area contributed by atoms with E-state index >= 15 is 0 Å². The Hall–Kier alpha value is -1.43. The van der Waals surface area contributed by atoms with E-state index in [-0.39, 0.29) is 22.1 Å². The molecular weight excluding hydrogens is 324 g/mol. The van der Waals surface area contributed by atoms with Crippen molar-refractivity contribution in [1.29, 1.82) is 0 Å². The maximum absolute atomic E-state index is 12.6. The standard InChI is InChI=1S/C14H17BrN2O3/c1-2-10-6-3-4-9-16(10)14(18)11-7-5-8-12(13(11)15)17(19)20/h5,7-8,10H,2-4,6,9H2,1H3. The normalized spacial score (nSPS) is 18.9.